The van der Waals surface area contributed by atoms with Crippen molar-refractivity contribution in [1.29, 1.82) is 0 Å². The van der Waals surface area contributed by atoms with Crippen molar-refractivity contribution in [2.75, 3.05) is 26.7 Å². The van der Waals surface area contributed by atoms with Crippen molar-refractivity contribution in [2.24, 2.45) is 5.92 Å². The number of aromatic hydroxyl groups is 1. The molecule has 2 atom stereocenters. The summed E-state index contributed by atoms with van der Waals surface area (Å²) in [5, 5.41) is 13.3. The number of likely N-dealkylation sites (tertiary alicyclic amines) is 1. The molecule has 1 aliphatic carbocycles. The first-order valence-electron chi connectivity index (χ1n) is 7.46. The molecule has 1 aliphatic heterocycles. The number of rotatable bonds is 3. The van der Waals surface area contributed by atoms with Gasteiger partial charge in [0.05, 0.1) is 0 Å². The Kier molecular flexibility index (Phi) is 3.76. The Morgan fingerprint density at radius 1 is 1.37 bits per heavy atom. The van der Waals surface area contributed by atoms with Gasteiger partial charge in [-0.05, 0) is 75.0 Å². The minimum absolute atomic E-state index is 0.400. The van der Waals surface area contributed by atoms with E-state index in [0.29, 0.717) is 11.8 Å². The average Bonchev–Trinajstić information content (AvgIpc) is 2.81. The summed E-state index contributed by atoms with van der Waals surface area (Å²) in [5.41, 5.74) is 2.72. The molecule has 0 bridgehead atoms. The highest BCUT2D eigenvalue weighted by Gasteiger charge is 2.23. The first-order valence-corrected chi connectivity index (χ1v) is 7.46. The van der Waals surface area contributed by atoms with Crippen LogP contribution in [0.25, 0.3) is 0 Å². The third-order valence-electron chi connectivity index (χ3n) is 4.58. The molecule has 0 aromatic heterocycles. The molecule has 0 spiro atoms. The number of phenols is 1. The third-order valence-corrected chi connectivity index (χ3v) is 4.58. The molecular formula is C16H24N2O. The fourth-order valence-electron chi connectivity index (χ4n) is 3.51. The largest absolute Gasteiger partial charge is 0.508 e. The second-order valence-electron chi connectivity index (χ2n) is 6.15. The lowest BCUT2D eigenvalue weighted by atomic mass is 9.87. The van der Waals surface area contributed by atoms with Crippen molar-refractivity contribution in [3.8, 4) is 5.75 Å². The molecule has 1 saturated heterocycles. The Labute approximate surface area is 115 Å². The van der Waals surface area contributed by atoms with Gasteiger partial charge in [-0.3, -0.25) is 0 Å². The van der Waals surface area contributed by atoms with Gasteiger partial charge < -0.3 is 15.3 Å². The number of hydrogen-bond acceptors (Lipinski definition) is 3. The van der Waals surface area contributed by atoms with Gasteiger partial charge in [0.15, 0.2) is 0 Å². The maximum Gasteiger partial charge on any atom is 0.115 e. The van der Waals surface area contributed by atoms with Gasteiger partial charge in [-0.2, -0.15) is 0 Å². The molecule has 3 nitrogen and oxygen atoms in total. The van der Waals surface area contributed by atoms with Crippen molar-refractivity contribution < 1.29 is 5.11 Å². The van der Waals surface area contributed by atoms with Crippen molar-refractivity contribution in [3.63, 3.8) is 0 Å². The van der Waals surface area contributed by atoms with Gasteiger partial charge in [0.2, 0.25) is 0 Å². The molecule has 2 aliphatic rings. The van der Waals surface area contributed by atoms with E-state index in [4.69, 9.17) is 0 Å². The average molecular weight is 260 g/mol. The van der Waals surface area contributed by atoms with E-state index in [1.54, 1.807) is 0 Å². The molecule has 1 fully saturated rings. The normalized spacial score (nSPS) is 27.4. The van der Waals surface area contributed by atoms with E-state index in [0.717, 1.165) is 18.9 Å². The molecule has 0 amide bonds. The third kappa shape index (κ3) is 2.93. The predicted molar refractivity (Wildman–Crippen MR) is 77.4 cm³/mol. The van der Waals surface area contributed by atoms with Crippen molar-refractivity contribution in [3.05, 3.63) is 29.3 Å². The molecular weight excluding hydrogens is 236 g/mol. The van der Waals surface area contributed by atoms with E-state index in [2.05, 4.69) is 23.3 Å². The van der Waals surface area contributed by atoms with Crippen LogP contribution in [0.5, 0.6) is 5.75 Å². The second-order valence-corrected chi connectivity index (χ2v) is 6.15. The predicted octanol–water partition coefficient (Wildman–Crippen LogP) is 2.31. The Hall–Kier alpha value is -1.06. The number of fused-ring (bicyclic) bond motifs is 1. The maximum atomic E-state index is 9.58. The molecule has 1 heterocycles. The Bertz CT molecular complexity index is 446. The molecule has 104 valence electrons. The molecule has 1 aromatic carbocycles. The van der Waals surface area contributed by atoms with Crippen LogP contribution in [-0.4, -0.2) is 36.7 Å². The molecule has 0 saturated carbocycles. The zero-order chi connectivity index (χ0) is 13.2. The van der Waals surface area contributed by atoms with Crippen LogP contribution in [0.15, 0.2) is 18.2 Å². The van der Waals surface area contributed by atoms with Crippen molar-refractivity contribution in [1.82, 2.24) is 10.2 Å². The molecule has 2 unspecified atom stereocenters. The summed E-state index contributed by atoms with van der Waals surface area (Å²) in [5.74, 6) is 1.20. The van der Waals surface area contributed by atoms with Crippen LogP contribution >= 0.6 is 0 Å². The van der Waals surface area contributed by atoms with Crippen LogP contribution in [0.3, 0.4) is 0 Å². The monoisotopic (exact) mass is 260 g/mol. The number of hydrogen-bond donors (Lipinski definition) is 2. The molecule has 3 rings (SSSR count). The van der Waals surface area contributed by atoms with Crippen LogP contribution in [0.2, 0.25) is 0 Å². The fraction of sp³-hybridized carbons (Fsp3) is 0.625. The van der Waals surface area contributed by atoms with E-state index >= 15 is 0 Å². The minimum Gasteiger partial charge on any atom is -0.508 e. The van der Waals surface area contributed by atoms with Gasteiger partial charge in [-0.15, -0.1) is 0 Å². The summed E-state index contributed by atoms with van der Waals surface area (Å²) in [4.78, 5) is 2.42. The van der Waals surface area contributed by atoms with E-state index < -0.39 is 0 Å². The zero-order valence-corrected chi connectivity index (χ0v) is 11.7. The molecule has 19 heavy (non-hydrogen) atoms. The quantitative estimate of drug-likeness (QED) is 0.875. The molecule has 3 heteroatoms. The first kappa shape index (κ1) is 12.9. The molecule has 0 radical (unpaired) electrons. The second kappa shape index (κ2) is 5.51. The molecule has 2 N–H and O–H groups in total. The van der Waals surface area contributed by atoms with E-state index in [1.807, 2.05) is 12.1 Å². The minimum atomic E-state index is 0.400. The molecule has 1 aromatic rings. The van der Waals surface area contributed by atoms with Gasteiger partial charge in [-0.1, -0.05) is 6.07 Å². The Morgan fingerprint density at radius 2 is 2.26 bits per heavy atom. The number of nitrogens with one attached hydrogen (secondary N) is 1. The van der Waals surface area contributed by atoms with E-state index in [1.165, 1.54) is 43.5 Å². The standard InChI is InChI=1S/C16H24N2O/c1-18-8-7-12(11-18)10-17-16-4-2-3-13-9-14(19)5-6-15(13)16/h5-6,9,12,16-17,19H,2-4,7-8,10-11H2,1H3. The maximum absolute atomic E-state index is 9.58. The SMILES string of the molecule is CN1CCC(CNC2CCCc3cc(O)ccc32)C1. The smallest absolute Gasteiger partial charge is 0.115 e. The van der Waals surface area contributed by atoms with Gasteiger partial charge in [0, 0.05) is 12.6 Å². The lowest BCUT2D eigenvalue weighted by Crippen LogP contribution is -2.30. The first-order chi connectivity index (χ1) is 9.22. The topological polar surface area (TPSA) is 35.5 Å². The number of nitrogens with zero attached hydrogens (tertiary/aromatic N) is 1. The summed E-state index contributed by atoms with van der Waals surface area (Å²) in [6.07, 6.45) is 4.87. The fourth-order valence-corrected chi connectivity index (χ4v) is 3.51. The van der Waals surface area contributed by atoms with Crippen molar-refractivity contribution in [2.45, 2.75) is 31.7 Å². The summed E-state index contributed by atoms with van der Waals surface area (Å²) in [7, 11) is 2.21. The van der Waals surface area contributed by atoms with Crippen LogP contribution in [0.1, 0.15) is 36.4 Å². The zero-order valence-electron chi connectivity index (χ0n) is 11.7. The summed E-state index contributed by atoms with van der Waals surface area (Å²) >= 11 is 0. The lowest BCUT2D eigenvalue weighted by Gasteiger charge is -2.27. The van der Waals surface area contributed by atoms with E-state index in [-0.39, 0.29) is 0 Å². The lowest BCUT2D eigenvalue weighted by molar-refractivity contribution is 0.369. The highest BCUT2D eigenvalue weighted by atomic mass is 16.3. The van der Waals surface area contributed by atoms with Gasteiger partial charge in [0.25, 0.3) is 0 Å². The van der Waals surface area contributed by atoms with Crippen LogP contribution in [-0.2, 0) is 6.42 Å². The van der Waals surface area contributed by atoms with Crippen LogP contribution in [0.4, 0.5) is 0 Å². The van der Waals surface area contributed by atoms with Gasteiger partial charge in [0.1, 0.15) is 5.75 Å². The number of phenolic OH excluding ortho intramolecular Hbond substituents is 1. The van der Waals surface area contributed by atoms with Gasteiger partial charge in [-0.25, -0.2) is 0 Å². The summed E-state index contributed by atoms with van der Waals surface area (Å²) in [6.45, 7) is 3.58. The number of aryl methyl sites for hydroxylation is 1. The van der Waals surface area contributed by atoms with E-state index in [9.17, 15) is 5.11 Å². The highest BCUT2D eigenvalue weighted by molar-refractivity contribution is 5.38. The Balaban J connectivity index is 1.63. The Morgan fingerprint density at radius 3 is 3.05 bits per heavy atom. The van der Waals surface area contributed by atoms with Crippen LogP contribution < -0.4 is 5.32 Å². The number of benzene rings is 1. The summed E-state index contributed by atoms with van der Waals surface area (Å²) in [6, 6.07) is 6.34. The van der Waals surface area contributed by atoms with Crippen LogP contribution in [0, 0.1) is 5.92 Å². The van der Waals surface area contributed by atoms with Crippen molar-refractivity contribution >= 4 is 0 Å². The highest BCUT2D eigenvalue weighted by Crippen LogP contribution is 2.32. The summed E-state index contributed by atoms with van der Waals surface area (Å²) < 4.78 is 0. The van der Waals surface area contributed by atoms with Gasteiger partial charge >= 0.3 is 0 Å².